The highest BCUT2D eigenvalue weighted by atomic mass is 16.7. The summed E-state index contributed by atoms with van der Waals surface area (Å²) >= 11 is 0. The molecule has 1 aliphatic rings. The van der Waals surface area contributed by atoms with Crippen LogP contribution in [0.3, 0.4) is 0 Å². The number of hydrogen-bond donors (Lipinski definition) is 2. The maximum Gasteiger partial charge on any atom is 0.231 e. The van der Waals surface area contributed by atoms with Gasteiger partial charge in [-0.05, 0) is 25.1 Å². The molecule has 0 spiro atoms. The van der Waals surface area contributed by atoms with Gasteiger partial charge in [-0.15, -0.1) is 0 Å². The molecule has 0 amide bonds. The van der Waals surface area contributed by atoms with E-state index in [1.54, 1.807) is 0 Å². The molecule has 1 aromatic heterocycles. The van der Waals surface area contributed by atoms with Crippen molar-refractivity contribution in [1.82, 2.24) is 10.2 Å². The number of H-pyrrole nitrogens is 1. The second kappa shape index (κ2) is 3.69. The van der Waals surface area contributed by atoms with Gasteiger partial charge < -0.3 is 14.8 Å². The number of nitrogens with zero attached hydrogens (tertiary/aromatic N) is 1. The molecule has 2 N–H and O–H groups in total. The second-order valence-corrected chi connectivity index (χ2v) is 3.89. The van der Waals surface area contributed by atoms with E-state index in [1.807, 2.05) is 32.2 Å². The van der Waals surface area contributed by atoms with E-state index in [9.17, 15) is 0 Å². The third-order valence-electron chi connectivity index (χ3n) is 2.84. The summed E-state index contributed by atoms with van der Waals surface area (Å²) in [4.78, 5) is 0. The molecule has 5 heteroatoms. The van der Waals surface area contributed by atoms with Gasteiger partial charge in [-0.2, -0.15) is 5.10 Å². The largest absolute Gasteiger partial charge is 0.454 e. The lowest BCUT2D eigenvalue weighted by atomic mass is 10.1. The number of hydrogen-bond acceptors (Lipinski definition) is 4. The number of fused-ring (bicyclic) bond motifs is 1. The number of aromatic nitrogens is 2. The maximum atomic E-state index is 5.36. The summed E-state index contributed by atoms with van der Waals surface area (Å²) in [5.41, 5.74) is 3.91. The molecular weight excluding hydrogens is 218 g/mol. The summed E-state index contributed by atoms with van der Waals surface area (Å²) < 4.78 is 10.6. The molecule has 0 bridgehead atoms. The van der Waals surface area contributed by atoms with Crippen LogP contribution in [0.2, 0.25) is 0 Å². The fraction of sp³-hybridized carbons (Fsp3) is 0.250. The molecule has 0 saturated carbocycles. The summed E-state index contributed by atoms with van der Waals surface area (Å²) in [6.45, 7) is 2.27. The van der Waals surface area contributed by atoms with Crippen LogP contribution in [0.15, 0.2) is 18.2 Å². The molecule has 2 heterocycles. The summed E-state index contributed by atoms with van der Waals surface area (Å²) in [7, 11) is 1.88. The number of anilines is 1. The lowest BCUT2D eigenvalue weighted by molar-refractivity contribution is 0.174. The van der Waals surface area contributed by atoms with Crippen LogP contribution in [0.4, 0.5) is 5.69 Å². The summed E-state index contributed by atoms with van der Waals surface area (Å²) in [6, 6.07) is 5.82. The van der Waals surface area contributed by atoms with Gasteiger partial charge in [0.2, 0.25) is 6.79 Å². The van der Waals surface area contributed by atoms with Crippen molar-refractivity contribution in [3.05, 3.63) is 23.9 Å². The Bertz CT molecular complexity index is 563. The van der Waals surface area contributed by atoms with Gasteiger partial charge in [0.05, 0.1) is 11.4 Å². The topological polar surface area (TPSA) is 59.2 Å². The Labute approximate surface area is 98.8 Å². The van der Waals surface area contributed by atoms with E-state index in [2.05, 4.69) is 15.5 Å². The van der Waals surface area contributed by atoms with E-state index < -0.39 is 0 Å². The molecule has 0 radical (unpaired) electrons. The zero-order valence-corrected chi connectivity index (χ0v) is 9.70. The first kappa shape index (κ1) is 10.0. The van der Waals surface area contributed by atoms with Crippen molar-refractivity contribution in [2.24, 2.45) is 0 Å². The van der Waals surface area contributed by atoms with Gasteiger partial charge in [0, 0.05) is 12.6 Å². The molecule has 17 heavy (non-hydrogen) atoms. The second-order valence-electron chi connectivity index (χ2n) is 3.89. The molecule has 1 aliphatic heterocycles. The van der Waals surface area contributed by atoms with E-state index in [1.165, 1.54) is 0 Å². The monoisotopic (exact) mass is 231 g/mol. The SMILES string of the molecule is CNc1c(-c2ccc3c(c2)OCO3)n[nH]c1C. The summed E-state index contributed by atoms with van der Waals surface area (Å²) in [6.07, 6.45) is 0. The molecule has 0 unspecified atom stereocenters. The highest BCUT2D eigenvalue weighted by Crippen LogP contribution is 2.37. The van der Waals surface area contributed by atoms with Crippen molar-refractivity contribution >= 4 is 5.69 Å². The minimum absolute atomic E-state index is 0.289. The van der Waals surface area contributed by atoms with Crippen molar-refractivity contribution in [3.63, 3.8) is 0 Å². The minimum atomic E-state index is 0.289. The van der Waals surface area contributed by atoms with Crippen LogP contribution in [0.5, 0.6) is 11.5 Å². The smallest absolute Gasteiger partial charge is 0.231 e. The van der Waals surface area contributed by atoms with Crippen LogP contribution in [-0.4, -0.2) is 24.0 Å². The minimum Gasteiger partial charge on any atom is -0.454 e. The van der Waals surface area contributed by atoms with E-state index in [0.29, 0.717) is 0 Å². The molecule has 1 aromatic carbocycles. The van der Waals surface area contributed by atoms with Crippen LogP contribution >= 0.6 is 0 Å². The van der Waals surface area contributed by atoms with Crippen molar-refractivity contribution in [3.8, 4) is 22.8 Å². The first-order chi connectivity index (χ1) is 8.29. The zero-order valence-electron chi connectivity index (χ0n) is 9.70. The Morgan fingerprint density at radius 1 is 1.29 bits per heavy atom. The van der Waals surface area contributed by atoms with Crippen molar-refractivity contribution in [2.75, 3.05) is 19.2 Å². The van der Waals surface area contributed by atoms with Gasteiger partial charge in [-0.3, -0.25) is 5.10 Å². The van der Waals surface area contributed by atoms with Crippen LogP contribution < -0.4 is 14.8 Å². The lowest BCUT2D eigenvalue weighted by Gasteiger charge is -2.04. The van der Waals surface area contributed by atoms with Gasteiger partial charge in [-0.1, -0.05) is 0 Å². The van der Waals surface area contributed by atoms with Crippen molar-refractivity contribution < 1.29 is 9.47 Å². The van der Waals surface area contributed by atoms with E-state index >= 15 is 0 Å². The average Bonchev–Trinajstić information content (AvgIpc) is 2.93. The predicted molar refractivity (Wildman–Crippen MR) is 64.4 cm³/mol. The first-order valence-corrected chi connectivity index (χ1v) is 5.42. The molecule has 0 atom stereocenters. The standard InChI is InChI=1S/C12H13N3O2/c1-7-11(13-2)12(15-14-7)8-3-4-9-10(5-8)17-6-16-9/h3-5,13H,6H2,1-2H3,(H,14,15). The zero-order chi connectivity index (χ0) is 11.8. The van der Waals surface area contributed by atoms with Crippen molar-refractivity contribution in [2.45, 2.75) is 6.92 Å². The highest BCUT2D eigenvalue weighted by molar-refractivity contribution is 5.77. The van der Waals surface area contributed by atoms with Gasteiger partial charge in [-0.25, -0.2) is 0 Å². The molecule has 88 valence electrons. The fourth-order valence-corrected chi connectivity index (χ4v) is 1.99. The Hall–Kier alpha value is -2.17. The lowest BCUT2D eigenvalue weighted by Crippen LogP contribution is -1.93. The van der Waals surface area contributed by atoms with E-state index in [0.717, 1.165) is 34.1 Å². The van der Waals surface area contributed by atoms with Gasteiger partial charge in [0.15, 0.2) is 11.5 Å². The summed E-state index contributed by atoms with van der Waals surface area (Å²) in [5.74, 6) is 1.55. The van der Waals surface area contributed by atoms with Crippen LogP contribution in [0, 0.1) is 6.92 Å². The summed E-state index contributed by atoms with van der Waals surface area (Å²) in [5, 5.41) is 10.4. The van der Waals surface area contributed by atoms with Gasteiger partial charge >= 0.3 is 0 Å². The van der Waals surface area contributed by atoms with E-state index in [-0.39, 0.29) is 6.79 Å². The Morgan fingerprint density at radius 3 is 2.94 bits per heavy atom. The molecule has 0 aliphatic carbocycles. The third kappa shape index (κ3) is 1.51. The Kier molecular flexibility index (Phi) is 2.18. The third-order valence-corrected chi connectivity index (χ3v) is 2.84. The fourth-order valence-electron chi connectivity index (χ4n) is 1.99. The predicted octanol–water partition coefficient (Wildman–Crippen LogP) is 2.16. The molecule has 0 fully saturated rings. The number of benzene rings is 1. The van der Waals surface area contributed by atoms with Gasteiger partial charge in [0.25, 0.3) is 0 Å². The van der Waals surface area contributed by atoms with Crippen LogP contribution in [0.1, 0.15) is 5.69 Å². The molecular formula is C12H13N3O2. The van der Waals surface area contributed by atoms with Gasteiger partial charge in [0.1, 0.15) is 5.69 Å². The maximum absolute atomic E-state index is 5.36. The molecule has 2 aromatic rings. The molecule has 3 rings (SSSR count). The van der Waals surface area contributed by atoms with Crippen LogP contribution in [-0.2, 0) is 0 Å². The van der Waals surface area contributed by atoms with E-state index in [4.69, 9.17) is 9.47 Å². The number of aryl methyl sites for hydroxylation is 1. The molecule has 0 saturated heterocycles. The number of rotatable bonds is 2. The van der Waals surface area contributed by atoms with Crippen molar-refractivity contribution in [1.29, 1.82) is 0 Å². The average molecular weight is 231 g/mol. The normalized spacial score (nSPS) is 12.8. The quantitative estimate of drug-likeness (QED) is 0.831. The van der Waals surface area contributed by atoms with Crippen LogP contribution in [0.25, 0.3) is 11.3 Å². The number of nitrogens with one attached hydrogen (secondary N) is 2. The highest BCUT2D eigenvalue weighted by Gasteiger charge is 2.17. The Balaban J connectivity index is 2.09. The first-order valence-electron chi connectivity index (χ1n) is 5.42. The number of ether oxygens (including phenoxy) is 2. The number of aromatic amines is 1. The molecule has 5 nitrogen and oxygen atoms in total. The Morgan fingerprint density at radius 2 is 2.12 bits per heavy atom.